The van der Waals surface area contributed by atoms with E-state index in [1.807, 2.05) is 12.1 Å². The first-order valence-electron chi connectivity index (χ1n) is 10.8. The van der Waals surface area contributed by atoms with Gasteiger partial charge in [-0.3, -0.25) is 0 Å². The van der Waals surface area contributed by atoms with Crippen molar-refractivity contribution in [3.05, 3.63) is 48.5 Å². The summed E-state index contributed by atoms with van der Waals surface area (Å²) < 4.78 is 14.6. The Balaban J connectivity index is 1.35. The molecule has 1 aromatic carbocycles. The van der Waals surface area contributed by atoms with Crippen molar-refractivity contribution in [2.24, 2.45) is 10.8 Å². The summed E-state index contributed by atoms with van der Waals surface area (Å²) in [6.45, 7) is 4.86. The molecule has 7 heteroatoms. The van der Waals surface area contributed by atoms with Crippen LogP contribution in [-0.2, 0) is 0 Å². The van der Waals surface area contributed by atoms with Crippen LogP contribution in [-0.4, -0.2) is 38.2 Å². The first-order chi connectivity index (χ1) is 14.7. The summed E-state index contributed by atoms with van der Waals surface area (Å²) in [5.74, 6) is 0.474. The van der Waals surface area contributed by atoms with E-state index < -0.39 is 5.82 Å². The van der Waals surface area contributed by atoms with E-state index in [0.717, 1.165) is 12.0 Å². The highest BCUT2D eigenvalue weighted by atomic mass is 19.1. The number of hydrogen-bond donors (Lipinski definition) is 1. The summed E-state index contributed by atoms with van der Waals surface area (Å²) in [6, 6.07) is 9.39. The zero-order valence-corrected chi connectivity index (χ0v) is 18.2. The van der Waals surface area contributed by atoms with Gasteiger partial charge in [-0.2, -0.15) is 5.10 Å². The van der Waals surface area contributed by atoms with E-state index in [1.54, 1.807) is 18.2 Å². The number of fused-ring (bicyclic) bond motifs is 2. The van der Waals surface area contributed by atoms with Crippen LogP contribution in [0.25, 0.3) is 16.9 Å². The topological polar surface area (TPSA) is 67.1 Å². The second kappa shape index (κ2) is 7.04. The van der Waals surface area contributed by atoms with E-state index in [9.17, 15) is 9.50 Å². The van der Waals surface area contributed by atoms with Crippen molar-refractivity contribution in [1.82, 2.24) is 20.0 Å². The SMILES string of the molecule is CN(c1ccc(-c2ccc(-n3cc(F)cn3)cc2O)nn1)[C@H]1C[C@]2(C)CC[C@](C)(C1)C2. The van der Waals surface area contributed by atoms with Crippen molar-refractivity contribution in [2.45, 2.75) is 52.0 Å². The molecule has 2 fully saturated rings. The van der Waals surface area contributed by atoms with Crippen LogP contribution in [0.2, 0.25) is 0 Å². The van der Waals surface area contributed by atoms with Crippen LogP contribution < -0.4 is 4.90 Å². The maximum atomic E-state index is 13.2. The summed E-state index contributed by atoms with van der Waals surface area (Å²) in [6.07, 6.45) is 8.74. The smallest absolute Gasteiger partial charge is 0.161 e. The summed E-state index contributed by atoms with van der Waals surface area (Å²) in [4.78, 5) is 2.27. The molecule has 2 heterocycles. The largest absolute Gasteiger partial charge is 0.507 e. The van der Waals surface area contributed by atoms with Gasteiger partial charge in [0.2, 0.25) is 0 Å². The Bertz CT molecular complexity index is 1100. The number of phenols is 1. The van der Waals surface area contributed by atoms with Gasteiger partial charge < -0.3 is 10.0 Å². The van der Waals surface area contributed by atoms with Crippen LogP contribution in [0.4, 0.5) is 10.2 Å². The number of rotatable bonds is 4. The van der Waals surface area contributed by atoms with E-state index in [4.69, 9.17) is 0 Å². The number of nitrogens with zero attached hydrogens (tertiary/aromatic N) is 5. The van der Waals surface area contributed by atoms with Crippen molar-refractivity contribution >= 4 is 5.82 Å². The number of phenolic OH excluding ortho intramolecular Hbond substituents is 1. The molecule has 0 radical (unpaired) electrons. The lowest BCUT2D eigenvalue weighted by Gasteiger charge is -2.44. The van der Waals surface area contributed by atoms with Gasteiger partial charge in [-0.05, 0) is 67.2 Å². The van der Waals surface area contributed by atoms with Gasteiger partial charge in [0.05, 0.1) is 23.8 Å². The number of aromatic nitrogens is 4. The Morgan fingerprint density at radius 1 is 1.10 bits per heavy atom. The molecule has 2 aliphatic carbocycles. The van der Waals surface area contributed by atoms with Gasteiger partial charge in [0.15, 0.2) is 11.6 Å². The van der Waals surface area contributed by atoms with Crippen molar-refractivity contribution in [2.75, 3.05) is 11.9 Å². The van der Waals surface area contributed by atoms with Crippen LogP contribution in [0, 0.1) is 16.6 Å². The first kappa shape index (κ1) is 20.0. The highest BCUT2D eigenvalue weighted by molar-refractivity contribution is 5.69. The number of aromatic hydroxyl groups is 1. The minimum Gasteiger partial charge on any atom is -0.507 e. The number of benzene rings is 1. The maximum Gasteiger partial charge on any atom is 0.161 e. The van der Waals surface area contributed by atoms with Gasteiger partial charge >= 0.3 is 0 Å². The summed E-state index contributed by atoms with van der Waals surface area (Å²) >= 11 is 0. The summed E-state index contributed by atoms with van der Waals surface area (Å²) in [5, 5.41) is 23.3. The lowest BCUT2D eigenvalue weighted by atomic mass is 9.68. The van der Waals surface area contributed by atoms with E-state index in [1.165, 1.54) is 43.0 Å². The minimum atomic E-state index is -0.428. The molecule has 2 saturated carbocycles. The second-order valence-corrected chi connectivity index (χ2v) is 10.1. The van der Waals surface area contributed by atoms with Gasteiger partial charge in [0.1, 0.15) is 5.75 Å². The molecular weight excluding hydrogens is 393 g/mol. The number of anilines is 1. The fourth-order valence-corrected chi connectivity index (χ4v) is 5.81. The maximum absolute atomic E-state index is 13.2. The average molecular weight is 422 g/mol. The molecule has 0 unspecified atom stereocenters. The second-order valence-electron chi connectivity index (χ2n) is 10.1. The standard InChI is InChI=1S/C24H28FN5O/c1-23-8-9-24(2,15-23)12-18(11-23)29(3)22-7-6-20(27-28-22)19-5-4-17(10-21(19)31)30-14-16(25)13-26-30/h4-7,10,13-14,18,31H,8-9,11-12,15H2,1-3H3/t18-,23-,24+. The third-order valence-electron chi connectivity index (χ3n) is 7.27. The van der Waals surface area contributed by atoms with E-state index in [2.05, 4.69) is 41.1 Å². The third-order valence-corrected chi connectivity index (χ3v) is 7.27. The van der Waals surface area contributed by atoms with E-state index >= 15 is 0 Å². The zero-order chi connectivity index (χ0) is 21.8. The quantitative estimate of drug-likeness (QED) is 0.644. The molecular formula is C24H28FN5O. The van der Waals surface area contributed by atoms with Gasteiger partial charge in [0.25, 0.3) is 0 Å². The van der Waals surface area contributed by atoms with Gasteiger partial charge in [-0.25, -0.2) is 9.07 Å². The Labute approximate surface area is 181 Å². The normalized spacial score (nSPS) is 27.4. The van der Waals surface area contributed by atoms with Crippen molar-refractivity contribution in [3.8, 4) is 22.7 Å². The van der Waals surface area contributed by atoms with Crippen LogP contribution in [0.15, 0.2) is 42.7 Å². The predicted molar refractivity (Wildman–Crippen MR) is 118 cm³/mol. The molecule has 0 spiro atoms. The highest BCUT2D eigenvalue weighted by Gasteiger charge is 2.49. The lowest BCUT2D eigenvalue weighted by Crippen LogP contribution is -2.42. The summed E-state index contributed by atoms with van der Waals surface area (Å²) in [7, 11) is 2.11. The molecule has 5 rings (SSSR count). The molecule has 162 valence electrons. The Morgan fingerprint density at radius 3 is 2.42 bits per heavy atom. The van der Waals surface area contributed by atoms with Crippen molar-refractivity contribution in [1.29, 1.82) is 0 Å². The Kier molecular flexibility index (Phi) is 4.53. The molecule has 6 nitrogen and oxygen atoms in total. The third kappa shape index (κ3) is 3.66. The molecule has 31 heavy (non-hydrogen) atoms. The molecule has 0 aliphatic heterocycles. The lowest BCUT2D eigenvalue weighted by molar-refractivity contribution is 0.148. The first-order valence-corrected chi connectivity index (χ1v) is 10.8. The molecule has 3 atom stereocenters. The molecule has 3 aromatic rings. The Hall–Kier alpha value is -2.96. The van der Waals surface area contributed by atoms with Crippen LogP contribution in [0.3, 0.4) is 0 Å². The monoisotopic (exact) mass is 421 g/mol. The fourth-order valence-electron chi connectivity index (χ4n) is 5.81. The average Bonchev–Trinajstić information content (AvgIpc) is 3.27. The fraction of sp³-hybridized carbons (Fsp3) is 0.458. The van der Waals surface area contributed by atoms with Crippen LogP contribution in [0.1, 0.15) is 46.0 Å². The number of hydrogen-bond acceptors (Lipinski definition) is 5. The van der Waals surface area contributed by atoms with Crippen molar-refractivity contribution in [3.63, 3.8) is 0 Å². The zero-order valence-electron chi connectivity index (χ0n) is 18.2. The number of halogens is 1. The predicted octanol–water partition coefficient (Wildman–Crippen LogP) is 4.97. The van der Waals surface area contributed by atoms with Crippen molar-refractivity contribution < 1.29 is 9.50 Å². The minimum absolute atomic E-state index is 0.0496. The molecule has 2 aliphatic rings. The Morgan fingerprint density at radius 2 is 1.84 bits per heavy atom. The van der Waals surface area contributed by atoms with Crippen LogP contribution in [0.5, 0.6) is 5.75 Å². The highest BCUT2D eigenvalue weighted by Crippen LogP contribution is 2.58. The van der Waals surface area contributed by atoms with E-state index in [0.29, 0.717) is 33.8 Å². The van der Waals surface area contributed by atoms with Gasteiger partial charge in [0, 0.05) is 24.7 Å². The molecule has 0 amide bonds. The molecule has 2 bridgehead atoms. The summed E-state index contributed by atoms with van der Waals surface area (Å²) in [5.41, 5.74) is 2.61. The molecule has 0 saturated heterocycles. The van der Waals surface area contributed by atoms with E-state index in [-0.39, 0.29) is 5.75 Å². The van der Waals surface area contributed by atoms with Gasteiger partial charge in [-0.1, -0.05) is 13.8 Å². The van der Waals surface area contributed by atoms with Crippen LogP contribution >= 0.6 is 0 Å². The van der Waals surface area contributed by atoms with Gasteiger partial charge in [-0.15, -0.1) is 10.2 Å². The molecule has 1 N–H and O–H groups in total. The molecule has 2 aromatic heterocycles.